The van der Waals surface area contributed by atoms with Crippen molar-refractivity contribution in [3.05, 3.63) is 71.3 Å². The fourth-order valence-corrected chi connectivity index (χ4v) is 2.92. The van der Waals surface area contributed by atoms with E-state index in [2.05, 4.69) is 11.8 Å². The van der Waals surface area contributed by atoms with Crippen LogP contribution in [0.2, 0.25) is 0 Å². The molecule has 0 saturated heterocycles. The molecule has 0 aliphatic carbocycles. The van der Waals surface area contributed by atoms with Crippen molar-refractivity contribution in [3.8, 4) is 11.8 Å². The summed E-state index contributed by atoms with van der Waals surface area (Å²) in [7, 11) is 0. The molecule has 0 saturated carbocycles. The number of rotatable bonds is 4. The van der Waals surface area contributed by atoms with Crippen LogP contribution in [0.5, 0.6) is 0 Å². The second kappa shape index (κ2) is 9.07. The molecule has 0 fully saturated rings. The van der Waals surface area contributed by atoms with Crippen LogP contribution in [0.4, 0.5) is 10.5 Å². The van der Waals surface area contributed by atoms with E-state index in [-0.39, 0.29) is 6.04 Å². The minimum Gasteiger partial charge on any atom is -0.449 e. The van der Waals surface area contributed by atoms with Gasteiger partial charge in [-0.3, -0.25) is 4.90 Å². The van der Waals surface area contributed by atoms with Crippen LogP contribution in [-0.2, 0) is 16.1 Å². The van der Waals surface area contributed by atoms with Crippen molar-refractivity contribution in [3.63, 3.8) is 0 Å². The molecule has 1 unspecified atom stereocenters. The highest BCUT2D eigenvalue weighted by molar-refractivity contribution is 5.94. The fraction of sp³-hybridized carbons (Fsp3) is 0.261. The smallest absolute Gasteiger partial charge is 0.415 e. The van der Waals surface area contributed by atoms with Gasteiger partial charge in [-0.05, 0) is 43.2 Å². The lowest BCUT2D eigenvalue weighted by Crippen LogP contribution is -2.41. The van der Waals surface area contributed by atoms with Crippen molar-refractivity contribution < 1.29 is 14.3 Å². The van der Waals surface area contributed by atoms with Crippen molar-refractivity contribution in [2.24, 2.45) is 0 Å². The van der Waals surface area contributed by atoms with Crippen LogP contribution in [0.25, 0.3) is 6.08 Å². The number of anilines is 1. The van der Waals surface area contributed by atoms with Crippen LogP contribution < -0.4 is 4.90 Å². The SMILES string of the molecule is CCOC(=O)N1c2ccc(C)cc2C=CC1C#CCOCc1ccccc1. The summed E-state index contributed by atoms with van der Waals surface area (Å²) in [5.74, 6) is 6.14. The Balaban J connectivity index is 1.70. The second-order valence-electron chi connectivity index (χ2n) is 6.23. The molecular weight excluding hydrogens is 338 g/mol. The molecule has 1 aliphatic heterocycles. The molecular formula is C23H23NO3. The number of aryl methyl sites for hydroxylation is 1. The number of carbonyl (C=O) groups is 1. The van der Waals surface area contributed by atoms with Gasteiger partial charge in [0.15, 0.2) is 0 Å². The van der Waals surface area contributed by atoms with Gasteiger partial charge < -0.3 is 9.47 Å². The third-order valence-electron chi connectivity index (χ3n) is 4.18. The van der Waals surface area contributed by atoms with Crippen molar-refractivity contribution in [1.29, 1.82) is 0 Å². The van der Waals surface area contributed by atoms with Gasteiger partial charge in [0.1, 0.15) is 12.6 Å². The monoisotopic (exact) mass is 361 g/mol. The number of hydrogen-bond acceptors (Lipinski definition) is 3. The predicted octanol–water partition coefficient (Wildman–Crippen LogP) is 4.57. The number of amides is 1. The normalized spacial score (nSPS) is 14.9. The van der Waals surface area contributed by atoms with E-state index in [0.717, 1.165) is 22.4 Å². The molecule has 1 atom stereocenters. The van der Waals surface area contributed by atoms with Gasteiger partial charge in [-0.25, -0.2) is 4.79 Å². The molecule has 4 heteroatoms. The molecule has 0 bridgehead atoms. The number of benzene rings is 2. The summed E-state index contributed by atoms with van der Waals surface area (Å²) < 4.78 is 10.8. The zero-order valence-electron chi connectivity index (χ0n) is 15.6. The Morgan fingerprint density at radius 1 is 1.19 bits per heavy atom. The first kappa shape index (κ1) is 18.8. The molecule has 2 aromatic carbocycles. The summed E-state index contributed by atoms with van der Waals surface area (Å²) in [5.41, 5.74) is 4.04. The molecule has 1 aliphatic rings. The number of fused-ring (bicyclic) bond motifs is 1. The highest BCUT2D eigenvalue weighted by Gasteiger charge is 2.28. The molecule has 0 aromatic heterocycles. The Morgan fingerprint density at radius 3 is 2.78 bits per heavy atom. The van der Waals surface area contributed by atoms with E-state index in [0.29, 0.717) is 19.8 Å². The summed E-state index contributed by atoms with van der Waals surface area (Å²) >= 11 is 0. The largest absolute Gasteiger partial charge is 0.449 e. The first-order valence-corrected chi connectivity index (χ1v) is 9.04. The van der Waals surface area contributed by atoms with Gasteiger partial charge in [0, 0.05) is 0 Å². The highest BCUT2D eigenvalue weighted by Crippen LogP contribution is 2.30. The lowest BCUT2D eigenvalue weighted by Gasteiger charge is -2.30. The second-order valence-corrected chi connectivity index (χ2v) is 6.23. The van der Waals surface area contributed by atoms with E-state index in [9.17, 15) is 4.79 Å². The van der Waals surface area contributed by atoms with E-state index in [4.69, 9.17) is 9.47 Å². The van der Waals surface area contributed by atoms with Gasteiger partial charge in [0.05, 0.1) is 18.9 Å². The van der Waals surface area contributed by atoms with Gasteiger partial charge in [0.25, 0.3) is 0 Å². The first-order valence-electron chi connectivity index (χ1n) is 9.04. The van der Waals surface area contributed by atoms with Crippen molar-refractivity contribution in [2.45, 2.75) is 26.5 Å². The van der Waals surface area contributed by atoms with Crippen LogP contribution in [0, 0.1) is 18.8 Å². The van der Waals surface area contributed by atoms with Crippen LogP contribution >= 0.6 is 0 Å². The van der Waals surface area contributed by atoms with Crippen molar-refractivity contribution in [1.82, 2.24) is 0 Å². The molecule has 0 spiro atoms. The Hall–Kier alpha value is -3.03. The summed E-state index contributed by atoms with van der Waals surface area (Å²) in [4.78, 5) is 14.1. The summed E-state index contributed by atoms with van der Waals surface area (Å²) in [6.45, 7) is 4.96. The summed E-state index contributed by atoms with van der Waals surface area (Å²) in [6.07, 6.45) is 3.53. The molecule has 1 amide bonds. The van der Waals surface area contributed by atoms with E-state index < -0.39 is 6.09 Å². The van der Waals surface area contributed by atoms with Gasteiger partial charge in [-0.15, -0.1) is 0 Å². The highest BCUT2D eigenvalue weighted by atomic mass is 16.6. The van der Waals surface area contributed by atoms with Crippen LogP contribution in [0.3, 0.4) is 0 Å². The zero-order valence-corrected chi connectivity index (χ0v) is 15.6. The third kappa shape index (κ3) is 4.78. The average Bonchev–Trinajstić information content (AvgIpc) is 2.68. The quantitative estimate of drug-likeness (QED) is 0.591. The molecule has 27 heavy (non-hydrogen) atoms. The maximum Gasteiger partial charge on any atom is 0.415 e. The van der Waals surface area contributed by atoms with E-state index in [1.54, 1.807) is 11.8 Å². The first-order chi connectivity index (χ1) is 13.2. The van der Waals surface area contributed by atoms with E-state index in [1.807, 2.05) is 67.6 Å². The minimum atomic E-state index is -0.392. The molecule has 3 rings (SSSR count). The Morgan fingerprint density at radius 2 is 2.00 bits per heavy atom. The standard InChI is InChI=1S/C23H23NO3/c1-3-27-23(25)24-21(13-12-20-16-18(2)11-14-22(20)24)10-7-15-26-17-19-8-5-4-6-9-19/h4-6,8-9,11-14,16,21H,3,15,17H2,1-2H3. The molecule has 0 radical (unpaired) electrons. The number of hydrogen-bond donors (Lipinski definition) is 0. The summed E-state index contributed by atoms with van der Waals surface area (Å²) in [5, 5.41) is 0. The fourth-order valence-electron chi connectivity index (χ4n) is 2.92. The van der Waals surface area contributed by atoms with Crippen molar-refractivity contribution >= 4 is 17.9 Å². The maximum absolute atomic E-state index is 12.5. The average molecular weight is 361 g/mol. The van der Waals surface area contributed by atoms with Gasteiger partial charge in [-0.2, -0.15) is 0 Å². The van der Waals surface area contributed by atoms with Gasteiger partial charge in [-0.1, -0.05) is 59.9 Å². The minimum absolute atomic E-state index is 0.302. The summed E-state index contributed by atoms with van der Waals surface area (Å²) in [6, 6.07) is 15.5. The number of ether oxygens (including phenoxy) is 2. The Bertz CT molecular complexity index is 877. The van der Waals surface area contributed by atoms with Crippen LogP contribution in [0.1, 0.15) is 23.6 Å². The van der Waals surface area contributed by atoms with E-state index in [1.165, 1.54) is 0 Å². The third-order valence-corrected chi connectivity index (χ3v) is 4.18. The Labute approximate surface area is 160 Å². The van der Waals surface area contributed by atoms with Crippen LogP contribution in [-0.4, -0.2) is 25.3 Å². The number of nitrogens with zero attached hydrogens (tertiary/aromatic N) is 1. The topological polar surface area (TPSA) is 38.8 Å². The molecule has 1 heterocycles. The molecule has 0 N–H and O–H groups in total. The molecule has 4 nitrogen and oxygen atoms in total. The van der Waals surface area contributed by atoms with Gasteiger partial charge >= 0.3 is 6.09 Å². The van der Waals surface area contributed by atoms with Crippen LogP contribution in [0.15, 0.2) is 54.6 Å². The zero-order chi connectivity index (χ0) is 19.1. The van der Waals surface area contributed by atoms with Crippen molar-refractivity contribution in [2.75, 3.05) is 18.1 Å². The lowest BCUT2D eigenvalue weighted by atomic mass is 10.0. The Kier molecular flexibility index (Phi) is 6.30. The number of carbonyl (C=O) groups excluding carboxylic acids is 1. The maximum atomic E-state index is 12.5. The lowest BCUT2D eigenvalue weighted by molar-refractivity contribution is 0.153. The molecule has 138 valence electrons. The van der Waals surface area contributed by atoms with Gasteiger partial charge in [0.2, 0.25) is 0 Å². The molecule has 2 aromatic rings. The van der Waals surface area contributed by atoms with E-state index >= 15 is 0 Å². The predicted molar refractivity (Wildman–Crippen MR) is 107 cm³/mol.